The maximum absolute atomic E-state index is 14.8. The Hall–Kier alpha value is -3.44. The number of hydrogen-bond donors (Lipinski definition) is 2. The highest BCUT2D eigenvalue weighted by molar-refractivity contribution is 5.84. The minimum atomic E-state index is -1.33. The summed E-state index contributed by atoms with van der Waals surface area (Å²) in [6, 6.07) is 6.20. The number of nitrogens with zero attached hydrogens (tertiary/aromatic N) is 2. The summed E-state index contributed by atoms with van der Waals surface area (Å²) in [5.74, 6) is -5.16. The second-order valence-electron chi connectivity index (χ2n) is 9.92. The lowest BCUT2D eigenvalue weighted by molar-refractivity contribution is -0.141. The molecular formula is C28H30F4N2O5. The number of pyridine rings is 1. The first-order valence-corrected chi connectivity index (χ1v) is 12.6. The number of carbonyl (C=O) groups is 1. The summed E-state index contributed by atoms with van der Waals surface area (Å²) in [4.78, 5) is 17.8. The molecule has 1 aliphatic rings. The number of hydrogen-bond acceptors (Lipinski definition) is 6. The van der Waals surface area contributed by atoms with Crippen LogP contribution in [0.3, 0.4) is 0 Å². The van der Waals surface area contributed by atoms with Gasteiger partial charge < -0.3 is 19.7 Å². The van der Waals surface area contributed by atoms with Crippen molar-refractivity contribution < 1.29 is 42.0 Å². The fraction of sp³-hybridized carbons (Fsp3) is 0.429. The second kappa shape index (κ2) is 12.2. The fourth-order valence-corrected chi connectivity index (χ4v) is 5.23. The lowest BCUT2D eigenvalue weighted by Crippen LogP contribution is -2.42. The van der Waals surface area contributed by atoms with Crippen molar-refractivity contribution in [3.05, 3.63) is 65.4 Å². The maximum atomic E-state index is 14.8. The molecule has 1 fully saturated rings. The summed E-state index contributed by atoms with van der Waals surface area (Å²) in [7, 11) is 1.48. The first kappa shape index (κ1) is 28.6. The third kappa shape index (κ3) is 6.77. The Bertz CT molecular complexity index is 1330. The number of likely N-dealkylation sites (tertiary alicyclic amines) is 1. The van der Waals surface area contributed by atoms with Crippen LogP contribution in [0.4, 0.5) is 17.6 Å². The predicted molar refractivity (Wildman–Crippen MR) is 135 cm³/mol. The molecule has 1 aromatic heterocycles. The highest BCUT2D eigenvalue weighted by Crippen LogP contribution is 2.42. The van der Waals surface area contributed by atoms with E-state index in [4.69, 9.17) is 9.47 Å². The van der Waals surface area contributed by atoms with Crippen LogP contribution in [0.1, 0.15) is 43.8 Å². The number of halogens is 4. The number of methoxy groups -OCH3 is 1. The van der Waals surface area contributed by atoms with E-state index in [0.29, 0.717) is 61.6 Å². The van der Waals surface area contributed by atoms with Crippen molar-refractivity contribution in [1.29, 1.82) is 0 Å². The molecule has 0 radical (unpaired) electrons. The molecule has 0 unspecified atom stereocenters. The zero-order valence-corrected chi connectivity index (χ0v) is 21.4. The van der Waals surface area contributed by atoms with Crippen molar-refractivity contribution in [2.45, 2.75) is 38.2 Å². The van der Waals surface area contributed by atoms with E-state index in [9.17, 15) is 32.6 Å². The Morgan fingerprint density at radius 1 is 1.13 bits per heavy atom. The van der Waals surface area contributed by atoms with Crippen molar-refractivity contribution in [3.8, 4) is 11.5 Å². The van der Waals surface area contributed by atoms with Crippen LogP contribution in [-0.4, -0.2) is 59.4 Å². The lowest BCUT2D eigenvalue weighted by Gasteiger charge is -2.41. The third-order valence-electron chi connectivity index (χ3n) is 7.42. The van der Waals surface area contributed by atoms with Crippen molar-refractivity contribution in [1.82, 2.24) is 9.88 Å². The molecule has 7 nitrogen and oxygen atoms in total. The van der Waals surface area contributed by atoms with Crippen LogP contribution in [0.25, 0.3) is 10.9 Å². The van der Waals surface area contributed by atoms with Crippen LogP contribution in [0.2, 0.25) is 0 Å². The summed E-state index contributed by atoms with van der Waals surface area (Å²) < 4.78 is 65.8. The second-order valence-corrected chi connectivity index (χ2v) is 9.92. The van der Waals surface area contributed by atoms with Crippen LogP contribution in [0, 0.1) is 28.7 Å². The number of carboxylic acids is 1. The predicted octanol–water partition coefficient (Wildman–Crippen LogP) is 5.25. The van der Waals surface area contributed by atoms with E-state index >= 15 is 0 Å². The van der Waals surface area contributed by atoms with Gasteiger partial charge in [-0.2, -0.15) is 4.39 Å². The van der Waals surface area contributed by atoms with Crippen molar-refractivity contribution in [3.63, 3.8) is 0 Å². The molecule has 11 heteroatoms. The first-order valence-electron chi connectivity index (χ1n) is 12.6. The number of carboxylic acid groups (broad SMARTS) is 1. The molecule has 0 spiro atoms. The van der Waals surface area contributed by atoms with Gasteiger partial charge in [-0.25, -0.2) is 13.2 Å². The molecule has 2 N–H and O–H groups in total. The quantitative estimate of drug-likeness (QED) is 0.249. The van der Waals surface area contributed by atoms with Gasteiger partial charge in [0.1, 0.15) is 24.0 Å². The molecule has 0 bridgehead atoms. The average molecular weight is 551 g/mol. The average Bonchev–Trinajstić information content (AvgIpc) is 2.90. The number of aliphatic hydroxyl groups is 1. The zero-order chi connectivity index (χ0) is 28.2. The van der Waals surface area contributed by atoms with Crippen LogP contribution >= 0.6 is 0 Å². The molecule has 210 valence electrons. The summed E-state index contributed by atoms with van der Waals surface area (Å²) in [6.07, 6.45) is 1.28. The van der Waals surface area contributed by atoms with Gasteiger partial charge in [0.2, 0.25) is 5.82 Å². The van der Waals surface area contributed by atoms with Crippen molar-refractivity contribution >= 4 is 16.9 Å². The molecule has 0 saturated carbocycles. The van der Waals surface area contributed by atoms with Gasteiger partial charge in [-0.05, 0) is 62.4 Å². The Balaban J connectivity index is 1.39. The number of rotatable bonds is 11. The minimum absolute atomic E-state index is 0.0116. The Morgan fingerprint density at radius 2 is 1.87 bits per heavy atom. The van der Waals surface area contributed by atoms with Gasteiger partial charge in [-0.1, -0.05) is 0 Å². The molecule has 2 aromatic carbocycles. The molecule has 1 saturated heterocycles. The largest absolute Gasteiger partial charge is 0.497 e. The Morgan fingerprint density at radius 3 is 2.56 bits per heavy atom. The van der Waals surface area contributed by atoms with Gasteiger partial charge in [-0.15, -0.1) is 0 Å². The topological polar surface area (TPSA) is 92.1 Å². The van der Waals surface area contributed by atoms with Gasteiger partial charge in [-0.3, -0.25) is 14.7 Å². The molecule has 1 aliphatic heterocycles. The van der Waals surface area contributed by atoms with E-state index in [2.05, 4.69) is 4.98 Å². The monoisotopic (exact) mass is 550 g/mol. The van der Waals surface area contributed by atoms with Crippen molar-refractivity contribution in [2.24, 2.45) is 5.41 Å². The number of benzene rings is 2. The van der Waals surface area contributed by atoms with E-state index in [0.717, 1.165) is 12.3 Å². The number of aliphatic hydroxyl groups excluding tert-OH is 1. The van der Waals surface area contributed by atoms with E-state index in [1.54, 1.807) is 18.2 Å². The highest BCUT2D eigenvalue weighted by Gasteiger charge is 2.37. The molecule has 2 heterocycles. The van der Waals surface area contributed by atoms with Gasteiger partial charge >= 0.3 is 5.97 Å². The molecule has 0 aliphatic carbocycles. The molecule has 1 atom stereocenters. The molecule has 39 heavy (non-hydrogen) atoms. The molecular weight excluding hydrogens is 520 g/mol. The molecule has 4 rings (SSSR count). The number of piperidine rings is 1. The van der Waals surface area contributed by atoms with Gasteiger partial charge in [0.15, 0.2) is 11.6 Å². The third-order valence-corrected chi connectivity index (χ3v) is 7.42. The normalized spacial score (nSPS) is 16.3. The zero-order valence-electron chi connectivity index (χ0n) is 21.4. The number of ether oxygens (including phenoxy) is 2. The van der Waals surface area contributed by atoms with Crippen LogP contribution in [-0.2, 0) is 4.79 Å². The van der Waals surface area contributed by atoms with Gasteiger partial charge in [0.25, 0.3) is 0 Å². The minimum Gasteiger partial charge on any atom is -0.497 e. The Kier molecular flexibility index (Phi) is 8.91. The number of aromatic nitrogens is 1. The van der Waals surface area contributed by atoms with Crippen molar-refractivity contribution in [2.75, 3.05) is 33.4 Å². The smallest absolute Gasteiger partial charge is 0.303 e. The summed E-state index contributed by atoms with van der Waals surface area (Å²) in [5.41, 5.74) is -0.0123. The van der Waals surface area contributed by atoms with E-state index < -0.39 is 46.5 Å². The lowest BCUT2D eigenvalue weighted by atomic mass is 9.71. The SMILES string of the molecule is COc1ccc2ncc(F)c([C@@H](O)CCC3(CC(=O)O)CCN(CCOc4cc(F)cc(F)c4F)CC3)c2c1. The van der Waals surface area contributed by atoms with E-state index in [1.165, 1.54) is 7.11 Å². The van der Waals surface area contributed by atoms with Gasteiger partial charge in [0, 0.05) is 29.6 Å². The Labute approximate surface area is 223 Å². The van der Waals surface area contributed by atoms with E-state index in [1.807, 2.05) is 4.90 Å². The number of fused-ring (bicyclic) bond motifs is 1. The molecule has 0 amide bonds. The highest BCUT2D eigenvalue weighted by atomic mass is 19.2. The number of aliphatic carboxylic acids is 1. The maximum Gasteiger partial charge on any atom is 0.303 e. The van der Waals surface area contributed by atoms with E-state index in [-0.39, 0.29) is 25.0 Å². The van der Waals surface area contributed by atoms with Crippen LogP contribution in [0.15, 0.2) is 36.5 Å². The summed E-state index contributed by atoms with van der Waals surface area (Å²) in [5, 5.41) is 21.0. The fourth-order valence-electron chi connectivity index (χ4n) is 5.23. The standard InChI is InChI=1S/C28H30F4N2O5/c1-38-18-2-3-22-19(14-18)26(21(31)16-33-22)23(35)4-5-28(15-25(36)37)6-8-34(9-7-28)10-11-39-24-13-17(29)12-20(30)27(24)32/h2-3,12-14,16,23,35H,4-11,15H2,1H3,(H,36,37)/t23-/m0/s1. The summed E-state index contributed by atoms with van der Waals surface area (Å²) >= 11 is 0. The van der Waals surface area contributed by atoms with Crippen LogP contribution in [0.5, 0.6) is 11.5 Å². The van der Waals surface area contributed by atoms with Crippen LogP contribution < -0.4 is 9.47 Å². The first-order chi connectivity index (χ1) is 18.6. The molecule has 3 aromatic rings. The summed E-state index contributed by atoms with van der Waals surface area (Å²) in [6.45, 7) is 1.36. The van der Waals surface area contributed by atoms with Gasteiger partial charge in [0.05, 0.1) is 31.3 Å².